The second-order valence-corrected chi connectivity index (χ2v) is 6.58. The van der Waals surface area contributed by atoms with E-state index in [1.165, 1.54) is 11.0 Å². The van der Waals surface area contributed by atoms with E-state index in [0.29, 0.717) is 34.3 Å². The number of hydrogen-bond donors (Lipinski definition) is 1. The van der Waals surface area contributed by atoms with Crippen molar-refractivity contribution in [1.29, 1.82) is 0 Å². The minimum atomic E-state index is -0.454. The number of carbonyl (C=O) groups is 3. The van der Waals surface area contributed by atoms with E-state index in [0.717, 1.165) is 6.42 Å². The third-order valence-corrected chi connectivity index (χ3v) is 4.22. The molecule has 7 nitrogen and oxygen atoms in total. The number of amides is 2. The third-order valence-electron chi connectivity index (χ3n) is 3.99. The van der Waals surface area contributed by atoms with Crippen molar-refractivity contribution in [3.63, 3.8) is 0 Å². The van der Waals surface area contributed by atoms with E-state index in [2.05, 4.69) is 5.32 Å². The van der Waals surface area contributed by atoms with Gasteiger partial charge in [-0.25, -0.2) is 4.79 Å². The van der Waals surface area contributed by atoms with Crippen LogP contribution in [0.15, 0.2) is 42.5 Å². The zero-order chi connectivity index (χ0) is 20.1. The minimum absolute atomic E-state index is 0.152. The predicted molar refractivity (Wildman–Crippen MR) is 105 cm³/mol. The summed E-state index contributed by atoms with van der Waals surface area (Å²) in [5, 5.41) is 3.12. The molecule has 0 saturated carbocycles. The normalized spacial score (nSPS) is 12.8. The lowest BCUT2D eigenvalue weighted by Crippen LogP contribution is -2.43. The molecule has 2 amide bonds. The molecule has 1 N–H and O–H groups in total. The highest BCUT2D eigenvalue weighted by molar-refractivity contribution is 6.31. The van der Waals surface area contributed by atoms with Gasteiger partial charge in [0.2, 0.25) is 5.91 Å². The monoisotopic (exact) mass is 402 g/mol. The summed E-state index contributed by atoms with van der Waals surface area (Å²) in [5.74, 6) is -0.732. The van der Waals surface area contributed by atoms with Crippen LogP contribution >= 0.6 is 11.6 Å². The molecule has 8 heteroatoms. The van der Waals surface area contributed by atoms with Crippen molar-refractivity contribution >= 4 is 40.8 Å². The maximum atomic E-state index is 12.5. The number of nitrogens with zero attached hydrogens (tertiary/aromatic N) is 1. The Balaban J connectivity index is 1.70. The van der Waals surface area contributed by atoms with Crippen molar-refractivity contribution in [2.24, 2.45) is 0 Å². The van der Waals surface area contributed by atoms with E-state index < -0.39 is 11.9 Å². The molecule has 1 aliphatic heterocycles. The number of halogens is 1. The first-order chi connectivity index (χ1) is 13.5. The molecule has 0 fully saturated rings. The summed E-state index contributed by atoms with van der Waals surface area (Å²) < 4.78 is 10.5. The molecular formula is C20H19ClN2O5. The lowest BCUT2D eigenvalue weighted by atomic mass is 10.2. The van der Waals surface area contributed by atoms with Crippen LogP contribution in [0.3, 0.4) is 0 Å². The maximum Gasteiger partial charge on any atom is 0.338 e. The molecule has 0 aliphatic carbocycles. The number of anilines is 2. The molecule has 0 spiro atoms. The second-order valence-electron chi connectivity index (χ2n) is 6.15. The van der Waals surface area contributed by atoms with E-state index in [-0.39, 0.29) is 19.1 Å². The fraction of sp³-hybridized carbons (Fsp3) is 0.250. The third kappa shape index (κ3) is 4.61. The fourth-order valence-electron chi connectivity index (χ4n) is 2.69. The molecule has 146 valence electrons. The maximum absolute atomic E-state index is 12.5. The van der Waals surface area contributed by atoms with Gasteiger partial charge in [-0.1, -0.05) is 24.6 Å². The lowest BCUT2D eigenvalue weighted by Gasteiger charge is -2.29. The van der Waals surface area contributed by atoms with Crippen molar-refractivity contribution < 1.29 is 23.9 Å². The van der Waals surface area contributed by atoms with Crippen LogP contribution in [0.5, 0.6) is 5.75 Å². The number of ether oxygens (including phenoxy) is 2. The van der Waals surface area contributed by atoms with Gasteiger partial charge in [0, 0.05) is 10.7 Å². The predicted octanol–water partition coefficient (Wildman–Crippen LogP) is 3.27. The van der Waals surface area contributed by atoms with Crippen LogP contribution < -0.4 is 15.0 Å². The zero-order valence-electron chi connectivity index (χ0n) is 15.2. The summed E-state index contributed by atoms with van der Waals surface area (Å²) >= 11 is 6.00. The van der Waals surface area contributed by atoms with Crippen LogP contribution in [0.4, 0.5) is 11.4 Å². The van der Waals surface area contributed by atoms with Gasteiger partial charge in [-0.3, -0.25) is 14.5 Å². The number of esters is 1. The van der Waals surface area contributed by atoms with Gasteiger partial charge in [-0.05, 0) is 42.8 Å². The highest BCUT2D eigenvalue weighted by Gasteiger charge is 2.27. The first kappa shape index (κ1) is 19.7. The highest BCUT2D eigenvalue weighted by Crippen LogP contribution is 2.34. The molecule has 0 bridgehead atoms. The summed E-state index contributed by atoms with van der Waals surface area (Å²) in [4.78, 5) is 38.0. The Hall–Kier alpha value is -3.06. The number of carbonyl (C=O) groups excluding carboxylic acids is 3. The number of benzene rings is 2. The van der Waals surface area contributed by atoms with Crippen LogP contribution in [0.2, 0.25) is 5.02 Å². The van der Waals surface area contributed by atoms with Crippen LogP contribution in [-0.4, -0.2) is 37.5 Å². The fourth-order valence-corrected chi connectivity index (χ4v) is 2.86. The van der Waals surface area contributed by atoms with E-state index in [1.54, 1.807) is 36.4 Å². The molecule has 3 rings (SSSR count). The van der Waals surface area contributed by atoms with Crippen LogP contribution in [0, 0.1) is 0 Å². The largest absolute Gasteiger partial charge is 0.482 e. The summed E-state index contributed by atoms with van der Waals surface area (Å²) in [6.07, 6.45) is 0.723. The van der Waals surface area contributed by atoms with Crippen molar-refractivity contribution in [3.8, 4) is 5.75 Å². The van der Waals surface area contributed by atoms with Crippen LogP contribution in [-0.2, 0) is 14.3 Å². The highest BCUT2D eigenvalue weighted by atomic mass is 35.5. The first-order valence-corrected chi connectivity index (χ1v) is 9.15. The molecule has 0 radical (unpaired) electrons. The molecule has 0 unspecified atom stereocenters. The molecule has 0 aromatic heterocycles. The Bertz CT molecular complexity index is 915. The number of rotatable bonds is 6. The molecule has 2 aromatic carbocycles. The SMILES string of the molecule is CCCOC(=O)c1cccc(NC(=O)CN2C(=O)COc3ccc(Cl)cc32)c1. The second kappa shape index (κ2) is 8.75. The number of hydrogen-bond acceptors (Lipinski definition) is 5. The van der Waals surface area contributed by atoms with E-state index >= 15 is 0 Å². The Labute approximate surface area is 167 Å². The van der Waals surface area contributed by atoms with Gasteiger partial charge in [0.25, 0.3) is 5.91 Å². The molecule has 1 heterocycles. The molecule has 2 aromatic rings. The topological polar surface area (TPSA) is 84.9 Å². The smallest absolute Gasteiger partial charge is 0.338 e. The molecular weight excluding hydrogens is 384 g/mol. The Morgan fingerprint density at radius 1 is 1.25 bits per heavy atom. The summed E-state index contributed by atoms with van der Waals surface area (Å²) in [6, 6.07) is 11.3. The van der Waals surface area contributed by atoms with Crippen molar-refractivity contribution in [1.82, 2.24) is 0 Å². The molecule has 1 aliphatic rings. The van der Waals surface area contributed by atoms with Gasteiger partial charge < -0.3 is 14.8 Å². The molecule has 0 saturated heterocycles. The van der Waals surface area contributed by atoms with Gasteiger partial charge in [0.05, 0.1) is 17.9 Å². The van der Waals surface area contributed by atoms with Gasteiger partial charge >= 0.3 is 5.97 Å². The quantitative estimate of drug-likeness (QED) is 0.749. The van der Waals surface area contributed by atoms with Crippen molar-refractivity contribution in [3.05, 3.63) is 53.1 Å². The Morgan fingerprint density at radius 3 is 2.86 bits per heavy atom. The van der Waals surface area contributed by atoms with Gasteiger partial charge in [-0.15, -0.1) is 0 Å². The number of nitrogens with one attached hydrogen (secondary N) is 1. The van der Waals surface area contributed by atoms with Crippen LogP contribution in [0.1, 0.15) is 23.7 Å². The van der Waals surface area contributed by atoms with E-state index in [9.17, 15) is 14.4 Å². The average Bonchev–Trinajstić information content (AvgIpc) is 2.68. The standard InChI is InChI=1S/C20H19ClN2O5/c1-2-8-27-20(26)13-4-3-5-15(9-13)22-18(24)11-23-16-10-14(21)6-7-17(16)28-12-19(23)25/h3-7,9-10H,2,8,11-12H2,1H3,(H,22,24). The van der Waals surface area contributed by atoms with Crippen molar-refractivity contribution in [2.45, 2.75) is 13.3 Å². The van der Waals surface area contributed by atoms with Crippen molar-refractivity contribution in [2.75, 3.05) is 30.0 Å². The summed E-state index contributed by atoms with van der Waals surface area (Å²) in [6.45, 7) is 1.87. The van der Waals surface area contributed by atoms with Gasteiger partial charge in [0.15, 0.2) is 6.61 Å². The van der Waals surface area contributed by atoms with Gasteiger partial charge in [-0.2, -0.15) is 0 Å². The lowest BCUT2D eigenvalue weighted by molar-refractivity contribution is -0.123. The van der Waals surface area contributed by atoms with E-state index in [4.69, 9.17) is 21.1 Å². The summed E-state index contributed by atoms with van der Waals surface area (Å²) in [7, 11) is 0. The van der Waals surface area contributed by atoms with Crippen LogP contribution in [0.25, 0.3) is 0 Å². The average molecular weight is 403 g/mol. The summed E-state index contributed by atoms with van der Waals surface area (Å²) in [5.41, 5.74) is 1.21. The zero-order valence-corrected chi connectivity index (χ0v) is 16.0. The first-order valence-electron chi connectivity index (χ1n) is 8.77. The molecule has 0 atom stereocenters. The Morgan fingerprint density at radius 2 is 2.07 bits per heavy atom. The number of fused-ring (bicyclic) bond motifs is 1. The Kier molecular flexibility index (Phi) is 6.16. The minimum Gasteiger partial charge on any atom is -0.482 e. The van der Waals surface area contributed by atoms with Gasteiger partial charge in [0.1, 0.15) is 12.3 Å². The molecule has 28 heavy (non-hydrogen) atoms. The van der Waals surface area contributed by atoms with E-state index in [1.807, 2.05) is 6.92 Å².